The van der Waals surface area contributed by atoms with Gasteiger partial charge in [-0.3, -0.25) is 0 Å². The number of hydrogen-bond acceptors (Lipinski definition) is 0. The van der Waals surface area contributed by atoms with Gasteiger partial charge in [0.15, 0.2) is 0 Å². The van der Waals surface area contributed by atoms with Crippen LogP contribution in [0.25, 0.3) is 0 Å². The first-order valence-corrected chi connectivity index (χ1v) is 4.79. The molecule has 1 spiro atoms. The summed E-state index contributed by atoms with van der Waals surface area (Å²) < 4.78 is 0. The molecule has 2 saturated carbocycles. The lowest BCUT2D eigenvalue weighted by atomic mass is 9.94. The highest BCUT2D eigenvalue weighted by atomic mass is 14.6. The van der Waals surface area contributed by atoms with Crippen LogP contribution >= 0.6 is 0 Å². The Kier molecular flexibility index (Phi) is 0.988. The first-order chi connectivity index (χ1) is 5.41. The van der Waals surface area contributed by atoms with Crippen molar-refractivity contribution in [2.24, 2.45) is 11.3 Å². The van der Waals surface area contributed by atoms with Gasteiger partial charge >= 0.3 is 0 Å². The summed E-state index contributed by atoms with van der Waals surface area (Å²) in [5.74, 6) is 0.981. The summed E-state index contributed by atoms with van der Waals surface area (Å²) in [7, 11) is 0. The van der Waals surface area contributed by atoms with E-state index < -0.39 is 0 Å². The van der Waals surface area contributed by atoms with E-state index in [4.69, 9.17) is 0 Å². The van der Waals surface area contributed by atoms with E-state index in [1.54, 1.807) is 5.57 Å². The molecule has 0 nitrogen and oxygen atoms in total. The van der Waals surface area contributed by atoms with Crippen LogP contribution in [-0.2, 0) is 0 Å². The summed E-state index contributed by atoms with van der Waals surface area (Å²) in [5, 5.41) is 0. The number of hydrogen-bond donors (Lipinski definition) is 0. The Morgan fingerprint density at radius 1 is 1.27 bits per heavy atom. The molecule has 3 rings (SSSR count). The monoisotopic (exact) mass is 146 g/mol. The van der Waals surface area contributed by atoms with Crippen LogP contribution in [0.3, 0.4) is 0 Å². The Hall–Kier alpha value is -0.520. The molecule has 0 N–H and O–H groups in total. The summed E-state index contributed by atoms with van der Waals surface area (Å²) in [6.07, 6.45) is 14.3. The minimum atomic E-state index is 0.816. The van der Waals surface area contributed by atoms with Crippen molar-refractivity contribution in [1.29, 1.82) is 0 Å². The van der Waals surface area contributed by atoms with Crippen molar-refractivity contribution in [3.63, 3.8) is 0 Å². The molecule has 1 atom stereocenters. The van der Waals surface area contributed by atoms with E-state index in [1.807, 2.05) is 0 Å². The fourth-order valence-corrected chi connectivity index (χ4v) is 2.89. The topological polar surface area (TPSA) is 0 Å². The van der Waals surface area contributed by atoms with E-state index in [0.717, 1.165) is 11.3 Å². The normalized spacial score (nSPS) is 37.1. The number of rotatable bonds is 1. The highest BCUT2D eigenvalue weighted by molar-refractivity contribution is 5.42. The predicted octanol–water partition coefficient (Wildman–Crippen LogP) is 3.06. The first-order valence-electron chi connectivity index (χ1n) is 4.79. The lowest BCUT2D eigenvalue weighted by Gasteiger charge is -2.11. The first kappa shape index (κ1) is 6.05. The summed E-state index contributed by atoms with van der Waals surface area (Å²) in [6, 6.07) is 0. The second kappa shape index (κ2) is 1.80. The molecule has 0 heteroatoms. The fraction of sp³-hybridized carbons (Fsp3) is 0.636. The molecule has 1 unspecified atom stereocenters. The zero-order valence-electron chi connectivity index (χ0n) is 6.84. The van der Waals surface area contributed by atoms with Crippen LogP contribution in [0.4, 0.5) is 0 Å². The molecule has 0 aromatic carbocycles. The molecule has 0 aromatic rings. The second-order valence-corrected chi connectivity index (χ2v) is 4.35. The van der Waals surface area contributed by atoms with Gasteiger partial charge in [0.1, 0.15) is 0 Å². The summed E-state index contributed by atoms with van der Waals surface area (Å²) in [4.78, 5) is 0. The Balaban J connectivity index is 1.76. The molecule has 0 aliphatic heterocycles. The van der Waals surface area contributed by atoms with Crippen molar-refractivity contribution in [1.82, 2.24) is 0 Å². The van der Waals surface area contributed by atoms with Gasteiger partial charge in [0.25, 0.3) is 0 Å². The summed E-state index contributed by atoms with van der Waals surface area (Å²) >= 11 is 0. The van der Waals surface area contributed by atoms with E-state index >= 15 is 0 Å². The van der Waals surface area contributed by atoms with Crippen LogP contribution in [0.1, 0.15) is 32.1 Å². The van der Waals surface area contributed by atoms with Crippen LogP contribution in [0.5, 0.6) is 0 Å². The van der Waals surface area contributed by atoms with Crippen molar-refractivity contribution >= 4 is 0 Å². The molecule has 0 bridgehead atoms. The molecule has 0 radical (unpaired) electrons. The smallest absolute Gasteiger partial charge is 0.00996 e. The van der Waals surface area contributed by atoms with Gasteiger partial charge in [-0.2, -0.15) is 0 Å². The molecule has 2 fully saturated rings. The van der Waals surface area contributed by atoms with Gasteiger partial charge in [-0.05, 0) is 36.2 Å². The van der Waals surface area contributed by atoms with Gasteiger partial charge in [0.2, 0.25) is 0 Å². The van der Waals surface area contributed by atoms with Crippen LogP contribution in [0.2, 0.25) is 0 Å². The lowest BCUT2D eigenvalue weighted by Crippen LogP contribution is -1.99. The van der Waals surface area contributed by atoms with Crippen molar-refractivity contribution in [3.05, 3.63) is 23.8 Å². The quantitative estimate of drug-likeness (QED) is 0.533. The molecule has 3 aliphatic carbocycles. The summed E-state index contributed by atoms with van der Waals surface area (Å²) in [5.41, 5.74) is 2.46. The third kappa shape index (κ3) is 0.702. The minimum Gasteiger partial charge on any atom is -0.0617 e. The minimum absolute atomic E-state index is 0.816. The highest BCUT2D eigenvalue weighted by Gasteiger charge is 2.55. The molecule has 0 saturated heterocycles. The third-order valence-electron chi connectivity index (χ3n) is 3.77. The molecular weight excluding hydrogens is 132 g/mol. The second-order valence-electron chi connectivity index (χ2n) is 4.35. The zero-order chi connectivity index (χ0) is 7.31. The molecule has 58 valence electrons. The van der Waals surface area contributed by atoms with Crippen LogP contribution in [0, 0.1) is 11.3 Å². The van der Waals surface area contributed by atoms with Crippen molar-refractivity contribution in [2.75, 3.05) is 0 Å². The van der Waals surface area contributed by atoms with E-state index in [0.29, 0.717) is 0 Å². The SMILES string of the molecule is C1=CC(C2CC23CCCC3)=C1. The van der Waals surface area contributed by atoms with Gasteiger partial charge in [-0.25, -0.2) is 0 Å². The van der Waals surface area contributed by atoms with E-state index in [-0.39, 0.29) is 0 Å². The predicted molar refractivity (Wildman–Crippen MR) is 46.2 cm³/mol. The average Bonchev–Trinajstić information content (AvgIpc) is 2.40. The van der Waals surface area contributed by atoms with E-state index in [9.17, 15) is 0 Å². The zero-order valence-corrected chi connectivity index (χ0v) is 6.84. The Labute approximate surface area is 68.0 Å². The highest BCUT2D eigenvalue weighted by Crippen LogP contribution is 2.66. The van der Waals surface area contributed by atoms with Crippen molar-refractivity contribution in [3.8, 4) is 0 Å². The molecule has 11 heavy (non-hydrogen) atoms. The average molecular weight is 146 g/mol. The maximum absolute atomic E-state index is 2.30. The number of allylic oxidation sites excluding steroid dienone is 4. The molecular formula is C11H14. The van der Waals surface area contributed by atoms with Gasteiger partial charge in [-0.15, -0.1) is 0 Å². The van der Waals surface area contributed by atoms with Gasteiger partial charge in [0, 0.05) is 0 Å². The third-order valence-corrected chi connectivity index (χ3v) is 3.77. The van der Waals surface area contributed by atoms with E-state index in [2.05, 4.69) is 18.2 Å². The van der Waals surface area contributed by atoms with Crippen LogP contribution in [-0.4, -0.2) is 0 Å². The maximum atomic E-state index is 2.30. The fourth-order valence-electron chi connectivity index (χ4n) is 2.89. The summed E-state index contributed by atoms with van der Waals surface area (Å²) in [6.45, 7) is 0. The molecule has 0 aromatic heterocycles. The van der Waals surface area contributed by atoms with Crippen molar-refractivity contribution in [2.45, 2.75) is 32.1 Å². The van der Waals surface area contributed by atoms with Crippen LogP contribution in [0.15, 0.2) is 23.8 Å². The Bertz CT molecular complexity index is 239. The van der Waals surface area contributed by atoms with E-state index in [1.165, 1.54) is 32.1 Å². The van der Waals surface area contributed by atoms with Gasteiger partial charge in [-0.1, -0.05) is 31.1 Å². The van der Waals surface area contributed by atoms with Gasteiger partial charge < -0.3 is 0 Å². The maximum Gasteiger partial charge on any atom is -0.00996 e. The molecule has 0 amide bonds. The van der Waals surface area contributed by atoms with Gasteiger partial charge in [0.05, 0.1) is 0 Å². The molecule has 3 aliphatic rings. The lowest BCUT2D eigenvalue weighted by molar-refractivity contribution is 0.497. The largest absolute Gasteiger partial charge is 0.0617 e. The Morgan fingerprint density at radius 3 is 2.55 bits per heavy atom. The van der Waals surface area contributed by atoms with Crippen LogP contribution < -0.4 is 0 Å². The Morgan fingerprint density at radius 2 is 2.00 bits per heavy atom. The molecule has 0 heterocycles. The van der Waals surface area contributed by atoms with Crippen molar-refractivity contribution < 1.29 is 0 Å². The standard InChI is InChI=1S/C11H14/c1-2-7-11(6-1)8-10(11)9-4-3-5-9/h3-5,10H,1-2,6-8H2.